The van der Waals surface area contributed by atoms with Gasteiger partial charge in [-0.2, -0.15) is 0 Å². The van der Waals surface area contributed by atoms with E-state index in [0.717, 1.165) is 11.6 Å². The van der Waals surface area contributed by atoms with Crippen molar-refractivity contribution in [3.63, 3.8) is 0 Å². The Kier molecular flexibility index (Phi) is 9.13. The monoisotopic (exact) mass is 727 g/mol. The van der Waals surface area contributed by atoms with E-state index in [4.69, 9.17) is 0 Å². The molecule has 7 aromatic rings. The lowest BCUT2D eigenvalue weighted by atomic mass is 9.78. The molecule has 3 aliphatic rings. The van der Waals surface area contributed by atoms with Crippen LogP contribution >= 0.6 is 0 Å². The average Bonchev–Trinajstić information content (AvgIpc) is 3.50. The third kappa shape index (κ3) is 6.26. The molecule has 0 aliphatic heterocycles. The zero-order valence-corrected chi connectivity index (χ0v) is 33.1. The molecule has 1 heteroatoms. The standard InChI is InChI=1S/C55H53N/c1-55(2)51-24-14-23-48(42-17-8-4-9-18-42)54(51)49-34-33-47(37-52(49)55)56(53-36-45-22-13-12-21-44(45)35-50(53)43-19-10-5-11-20-43)46-31-29-41(30-32-46)40-27-25-39(26-28-40)38-15-6-3-7-16-38/h5,10-14,19-38,42H,3-4,6-9,15-18H2,1-2H3. The fourth-order valence-electron chi connectivity index (χ4n) is 10.6. The summed E-state index contributed by atoms with van der Waals surface area (Å²) >= 11 is 0. The largest absolute Gasteiger partial charge is 0.310 e. The van der Waals surface area contributed by atoms with Gasteiger partial charge >= 0.3 is 0 Å². The van der Waals surface area contributed by atoms with Crippen molar-refractivity contribution in [1.82, 2.24) is 0 Å². The molecule has 0 bridgehead atoms. The summed E-state index contributed by atoms with van der Waals surface area (Å²) in [6, 6.07) is 57.8. The minimum absolute atomic E-state index is 0.101. The van der Waals surface area contributed by atoms with Crippen molar-refractivity contribution in [2.24, 2.45) is 0 Å². The lowest BCUT2D eigenvalue weighted by molar-refractivity contribution is 0.443. The van der Waals surface area contributed by atoms with Crippen molar-refractivity contribution < 1.29 is 0 Å². The van der Waals surface area contributed by atoms with Gasteiger partial charge in [-0.25, -0.2) is 0 Å². The van der Waals surface area contributed by atoms with Crippen molar-refractivity contribution in [2.45, 2.75) is 95.3 Å². The van der Waals surface area contributed by atoms with Gasteiger partial charge in [-0.3, -0.25) is 0 Å². The summed E-state index contributed by atoms with van der Waals surface area (Å²) in [4.78, 5) is 2.52. The normalized spacial score (nSPS) is 16.8. The number of nitrogens with zero attached hydrogens (tertiary/aromatic N) is 1. The van der Waals surface area contributed by atoms with Crippen molar-refractivity contribution >= 4 is 27.8 Å². The highest BCUT2D eigenvalue weighted by atomic mass is 15.1. The Morgan fingerprint density at radius 3 is 1.75 bits per heavy atom. The van der Waals surface area contributed by atoms with Crippen LogP contribution in [0.25, 0.3) is 44.2 Å². The molecule has 2 saturated carbocycles. The lowest BCUT2D eigenvalue weighted by Crippen LogP contribution is -2.17. The Hall–Kier alpha value is -5.40. The molecule has 0 heterocycles. The van der Waals surface area contributed by atoms with E-state index in [1.807, 2.05) is 0 Å². The maximum absolute atomic E-state index is 2.52. The molecule has 7 aromatic carbocycles. The molecule has 0 spiro atoms. The highest BCUT2D eigenvalue weighted by Gasteiger charge is 2.38. The van der Waals surface area contributed by atoms with E-state index >= 15 is 0 Å². The van der Waals surface area contributed by atoms with Gasteiger partial charge < -0.3 is 4.90 Å². The summed E-state index contributed by atoms with van der Waals surface area (Å²) in [6.45, 7) is 4.88. The first kappa shape index (κ1) is 35.0. The third-order valence-corrected chi connectivity index (χ3v) is 13.7. The zero-order chi connectivity index (χ0) is 37.6. The van der Waals surface area contributed by atoms with Gasteiger partial charge in [0.25, 0.3) is 0 Å². The van der Waals surface area contributed by atoms with E-state index in [0.29, 0.717) is 5.92 Å². The molecule has 0 unspecified atom stereocenters. The quantitative estimate of drug-likeness (QED) is 0.158. The number of anilines is 3. The van der Waals surface area contributed by atoms with Crippen molar-refractivity contribution in [1.29, 1.82) is 0 Å². The average molecular weight is 728 g/mol. The zero-order valence-electron chi connectivity index (χ0n) is 33.1. The number of hydrogen-bond donors (Lipinski definition) is 0. The molecule has 278 valence electrons. The highest BCUT2D eigenvalue weighted by Crippen LogP contribution is 2.54. The van der Waals surface area contributed by atoms with Crippen LogP contribution in [0.2, 0.25) is 0 Å². The summed E-state index contributed by atoms with van der Waals surface area (Å²) in [5, 5.41) is 2.50. The van der Waals surface area contributed by atoms with Crippen LogP contribution in [-0.4, -0.2) is 0 Å². The fraction of sp³-hybridized carbons (Fsp3) is 0.273. The Morgan fingerprint density at radius 1 is 0.446 bits per heavy atom. The molecule has 3 aliphatic carbocycles. The van der Waals surface area contributed by atoms with Crippen LogP contribution in [0.15, 0.2) is 152 Å². The molecular weight excluding hydrogens is 675 g/mol. The second-order valence-electron chi connectivity index (χ2n) is 17.4. The second kappa shape index (κ2) is 14.6. The Morgan fingerprint density at radius 2 is 1.05 bits per heavy atom. The van der Waals surface area contributed by atoms with E-state index in [-0.39, 0.29) is 5.41 Å². The van der Waals surface area contributed by atoms with Gasteiger partial charge in [0, 0.05) is 22.4 Å². The minimum atomic E-state index is -0.101. The SMILES string of the molecule is CC1(C)c2cc(N(c3ccc(-c4ccc(C5CCCCC5)cc4)cc3)c3cc4ccccc4cc3-c3ccccc3)ccc2-c2c(C3CCCCC3)cccc21. The highest BCUT2D eigenvalue weighted by molar-refractivity contribution is 5.99. The van der Waals surface area contributed by atoms with Crippen LogP contribution in [-0.2, 0) is 5.41 Å². The van der Waals surface area contributed by atoms with Crippen LogP contribution in [0.3, 0.4) is 0 Å². The van der Waals surface area contributed by atoms with Gasteiger partial charge in [-0.1, -0.05) is 168 Å². The van der Waals surface area contributed by atoms with Gasteiger partial charge in [-0.15, -0.1) is 0 Å². The Bertz CT molecular complexity index is 2490. The summed E-state index contributed by atoms with van der Waals surface area (Å²) in [6.07, 6.45) is 13.5. The van der Waals surface area contributed by atoms with E-state index < -0.39 is 0 Å². The fourth-order valence-corrected chi connectivity index (χ4v) is 10.6. The first-order chi connectivity index (χ1) is 27.5. The molecule has 2 fully saturated rings. The molecular formula is C55H53N. The number of benzene rings is 7. The maximum atomic E-state index is 2.52. The Balaban J connectivity index is 1.11. The number of hydrogen-bond acceptors (Lipinski definition) is 1. The molecule has 0 amide bonds. The molecule has 0 atom stereocenters. The smallest absolute Gasteiger partial charge is 0.0546 e. The third-order valence-electron chi connectivity index (χ3n) is 13.7. The van der Waals surface area contributed by atoms with Crippen LogP contribution < -0.4 is 4.90 Å². The minimum Gasteiger partial charge on any atom is -0.310 e. The first-order valence-electron chi connectivity index (χ1n) is 21.4. The second-order valence-corrected chi connectivity index (χ2v) is 17.4. The maximum Gasteiger partial charge on any atom is 0.0546 e. The van der Waals surface area contributed by atoms with Crippen LogP contribution in [0.4, 0.5) is 17.1 Å². The van der Waals surface area contributed by atoms with Gasteiger partial charge in [0.15, 0.2) is 0 Å². The predicted molar refractivity (Wildman–Crippen MR) is 239 cm³/mol. The predicted octanol–water partition coefficient (Wildman–Crippen LogP) is 16.0. The van der Waals surface area contributed by atoms with Crippen LogP contribution in [0.5, 0.6) is 0 Å². The van der Waals surface area contributed by atoms with Gasteiger partial charge in [0.2, 0.25) is 0 Å². The van der Waals surface area contributed by atoms with E-state index in [1.54, 1.807) is 5.56 Å². The van der Waals surface area contributed by atoms with Crippen molar-refractivity contribution in [3.05, 3.63) is 174 Å². The molecule has 0 radical (unpaired) electrons. The summed E-state index contributed by atoms with van der Waals surface area (Å²) in [5.74, 6) is 1.38. The lowest BCUT2D eigenvalue weighted by Gasteiger charge is -2.30. The number of fused-ring (bicyclic) bond motifs is 4. The van der Waals surface area contributed by atoms with Crippen molar-refractivity contribution in [3.8, 4) is 33.4 Å². The van der Waals surface area contributed by atoms with Crippen LogP contribution in [0.1, 0.15) is 112 Å². The van der Waals surface area contributed by atoms with Gasteiger partial charge in [0.05, 0.1) is 5.69 Å². The molecule has 10 rings (SSSR count). The molecule has 56 heavy (non-hydrogen) atoms. The van der Waals surface area contributed by atoms with Crippen molar-refractivity contribution in [2.75, 3.05) is 4.90 Å². The summed E-state index contributed by atoms with van der Waals surface area (Å²) < 4.78 is 0. The summed E-state index contributed by atoms with van der Waals surface area (Å²) in [7, 11) is 0. The number of rotatable bonds is 7. The molecule has 0 aromatic heterocycles. The molecule has 1 nitrogen and oxygen atoms in total. The summed E-state index contributed by atoms with van der Waals surface area (Å²) in [5.41, 5.74) is 17.3. The molecule has 0 saturated heterocycles. The topological polar surface area (TPSA) is 3.24 Å². The van der Waals surface area contributed by atoms with Crippen LogP contribution in [0, 0.1) is 0 Å². The van der Waals surface area contributed by atoms with Gasteiger partial charge in [0.1, 0.15) is 0 Å². The van der Waals surface area contributed by atoms with E-state index in [9.17, 15) is 0 Å². The Labute approximate surface area is 334 Å². The van der Waals surface area contributed by atoms with E-state index in [1.165, 1.54) is 136 Å². The van der Waals surface area contributed by atoms with E-state index in [2.05, 4.69) is 170 Å². The molecule has 0 N–H and O–H groups in total. The van der Waals surface area contributed by atoms with Gasteiger partial charge in [-0.05, 0) is 135 Å². The first-order valence-corrected chi connectivity index (χ1v) is 21.4.